The minimum Gasteiger partial charge on any atom is -0.315 e. The van der Waals surface area contributed by atoms with Gasteiger partial charge in [-0.1, -0.05) is 17.7 Å². The number of anilines is 1. The average Bonchev–Trinajstić information content (AvgIpc) is 2.76. The third-order valence-electron chi connectivity index (χ3n) is 2.71. The maximum Gasteiger partial charge on any atom is 0.263 e. The van der Waals surface area contributed by atoms with E-state index in [0.717, 1.165) is 10.4 Å². The van der Waals surface area contributed by atoms with E-state index in [9.17, 15) is 8.42 Å². The van der Waals surface area contributed by atoms with Crippen molar-refractivity contribution in [3.8, 4) is 0 Å². The van der Waals surface area contributed by atoms with Gasteiger partial charge in [-0.15, -0.1) is 11.3 Å². The molecule has 1 aromatic heterocycles. The first-order valence-corrected chi connectivity index (χ1v) is 9.52. The highest BCUT2D eigenvalue weighted by atomic mass is 79.9. The molecule has 0 aliphatic rings. The molecule has 114 valence electrons. The molecular weight excluding hydrogens is 396 g/mol. The maximum absolute atomic E-state index is 12.5. The van der Waals surface area contributed by atoms with Crippen LogP contribution in [0.1, 0.15) is 10.4 Å². The van der Waals surface area contributed by atoms with Crippen molar-refractivity contribution >= 4 is 54.6 Å². The number of hydrogen-bond donors (Lipinski definition) is 2. The summed E-state index contributed by atoms with van der Waals surface area (Å²) >= 11 is 10.7. The number of sulfonamides is 1. The largest absolute Gasteiger partial charge is 0.315 e. The highest BCUT2D eigenvalue weighted by Crippen LogP contribution is 2.34. The smallest absolute Gasteiger partial charge is 0.263 e. The lowest BCUT2D eigenvalue weighted by atomic mass is 10.2. The van der Waals surface area contributed by atoms with Crippen LogP contribution in [0.25, 0.3) is 0 Å². The van der Waals surface area contributed by atoms with E-state index in [1.54, 1.807) is 18.2 Å². The zero-order valence-corrected chi connectivity index (χ0v) is 15.4. The van der Waals surface area contributed by atoms with Gasteiger partial charge in [0.2, 0.25) is 0 Å². The molecule has 0 atom stereocenters. The van der Waals surface area contributed by atoms with Crippen LogP contribution in [0.4, 0.5) is 5.69 Å². The van der Waals surface area contributed by atoms with Gasteiger partial charge in [0.1, 0.15) is 4.90 Å². The molecule has 4 nitrogen and oxygen atoms in total. The third-order valence-corrected chi connectivity index (χ3v) is 6.66. The lowest BCUT2D eigenvalue weighted by molar-refractivity contribution is 0.601. The molecule has 1 heterocycles. The number of thiophene rings is 1. The van der Waals surface area contributed by atoms with E-state index in [2.05, 4.69) is 26.0 Å². The Morgan fingerprint density at radius 2 is 2.05 bits per heavy atom. The predicted molar refractivity (Wildman–Crippen MR) is 91.8 cm³/mol. The minimum atomic E-state index is -3.68. The Morgan fingerprint density at radius 3 is 2.71 bits per heavy atom. The van der Waals surface area contributed by atoms with E-state index >= 15 is 0 Å². The van der Waals surface area contributed by atoms with Gasteiger partial charge in [-0.2, -0.15) is 0 Å². The van der Waals surface area contributed by atoms with Crippen LogP contribution in [0.5, 0.6) is 0 Å². The summed E-state index contributed by atoms with van der Waals surface area (Å²) in [6.07, 6.45) is 0. The first-order valence-electron chi connectivity index (χ1n) is 6.05. The van der Waals surface area contributed by atoms with Crippen LogP contribution in [0.2, 0.25) is 5.02 Å². The molecule has 2 rings (SSSR count). The molecule has 1 aromatic carbocycles. The second kappa shape index (κ2) is 6.66. The summed E-state index contributed by atoms with van der Waals surface area (Å²) in [5.74, 6) is 0. The highest BCUT2D eigenvalue weighted by Gasteiger charge is 2.21. The monoisotopic (exact) mass is 408 g/mol. The molecule has 0 aliphatic carbocycles. The Hall–Kier alpha value is -0.600. The lowest BCUT2D eigenvalue weighted by Gasteiger charge is -2.09. The zero-order valence-electron chi connectivity index (χ0n) is 11.4. The van der Waals surface area contributed by atoms with Crippen molar-refractivity contribution in [3.63, 3.8) is 0 Å². The van der Waals surface area contributed by atoms with Gasteiger partial charge in [0.05, 0.1) is 14.5 Å². The second-order valence-electron chi connectivity index (χ2n) is 4.47. The quantitative estimate of drug-likeness (QED) is 0.785. The van der Waals surface area contributed by atoms with E-state index in [-0.39, 0.29) is 4.90 Å². The van der Waals surface area contributed by atoms with Gasteiger partial charge < -0.3 is 5.32 Å². The molecule has 0 bridgehead atoms. The van der Waals surface area contributed by atoms with Crippen LogP contribution >= 0.6 is 38.9 Å². The van der Waals surface area contributed by atoms with Crippen molar-refractivity contribution in [2.45, 2.75) is 18.4 Å². The van der Waals surface area contributed by atoms with Crippen LogP contribution in [0.15, 0.2) is 32.9 Å². The van der Waals surface area contributed by atoms with Crippen LogP contribution in [-0.2, 0) is 16.6 Å². The van der Waals surface area contributed by atoms with Crippen molar-refractivity contribution in [2.24, 2.45) is 0 Å². The minimum absolute atomic E-state index is 0.218. The summed E-state index contributed by atoms with van der Waals surface area (Å²) in [6.45, 7) is 2.49. The SMILES string of the molecule is CNCc1cc(S(=O)(=O)Nc2cc(C)ccc2Cl)c(Br)s1. The van der Waals surface area contributed by atoms with E-state index in [0.29, 0.717) is 21.0 Å². The Morgan fingerprint density at radius 1 is 1.33 bits per heavy atom. The van der Waals surface area contributed by atoms with Crippen molar-refractivity contribution in [1.82, 2.24) is 5.32 Å². The second-order valence-corrected chi connectivity index (χ2v) is 8.98. The molecule has 21 heavy (non-hydrogen) atoms. The molecule has 0 amide bonds. The molecule has 0 aliphatic heterocycles. The molecule has 0 saturated heterocycles. The Bertz CT molecular complexity index is 760. The normalized spacial score (nSPS) is 11.6. The Kier molecular flexibility index (Phi) is 5.32. The van der Waals surface area contributed by atoms with Crippen LogP contribution in [0.3, 0.4) is 0 Å². The topological polar surface area (TPSA) is 58.2 Å². The molecule has 2 aromatic rings. The molecule has 0 spiro atoms. The van der Waals surface area contributed by atoms with Gasteiger partial charge in [0.25, 0.3) is 10.0 Å². The van der Waals surface area contributed by atoms with E-state index in [1.807, 2.05) is 20.0 Å². The van der Waals surface area contributed by atoms with E-state index in [4.69, 9.17) is 11.6 Å². The lowest BCUT2D eigenvalue weighted by Crippen LogP contribution is -2.13. The van der Waals surface area contributed by atoms with Crippen LogP contribution < -0.4 is 10.0 Å². The van der Waals surface area contributed by atoms with Gasteiger partial charge in [-0.05, 0) is 53.7 Å². The summed E-state index contributed by atoms with van der Waals surface area (Å²) in [4.78, 5) is 1.15. The first kappa shape index (κ1) is 16.8. The van der Waals surface area contributed by atoms with Crippen molar-refractivity contribution < 1.29 is 8.42 Å². The summed E-state index contributed by atoms with van der Waals surface area (Å²) < 4.78 is 28.1. The number of nitrogens with one attached hydrogen (secondary N) is 2. The summed E-state index contributed by atoms with van der Waals surface area (Å²) in [6, 6.07) is 6.85. The molecule has 0 fully saturated rings. The molecular formula is C13H14BrClN2O2S2. The predicted octanol–water partition coefficient (Wildman–Crippen LogP) is 3.99. The Labute approximate surface area is 141 Å². The number of halogens is 2. The third kappa shape index (κ3) is 3.98. The molecule has 8 heteroatoms. The van der Waals surface area contributed by atoms with Gasteiger partial charge in [0.15, 0.2) is 0 Å². The summed E-state index contributed by atoms with van der Waals surface area (Å²) in [5, 5.41) is 3.36. The standard InChI is InChI=1S/C13H14BrClN2O2S2/c1-8-3-4-10(15)11(5-8)17-21(18,19)12-6-9(7-16-2)20-13(12)14/h3-6,16-17H,7H2,1-2H3. The van der Waals surface area contributed by atoms with Crippen LogP contribution in [-0.4, -0.2) is 15.5 Å². The summed E-state index contributed by atoms with van der Waals surface area (Å²) in [5.41, 5.74) is 1.31. The molecule has 0 radical (unpaired) electrons. The van der Waals surface area contributed by atoms with Crippen LogP contribution in [0, 0.1) is 6.92 Å². The maximum atomic E-state index is 12.5. The zero-order chi connectivity index (χ0) is 15.6. The highest BCUT2D eigenvalue weighted by molar-refractivity contribution is 9.11. The van der Waals surface area contributed by atoms with Gasteiger partial charge in [-0.25, -0.2) is 8.42 Å². The number of aryl methyl sites for hydroxylation is 1. The van der Waals surface area contributed by atoms with Crippen molar-refractivity contribution in [1.29, 1.82) is 0 Å². The molecule has 2 N–H and O–H groups in total. The van der Waals surface area contributed by atoms with Gasteiger partial charge in [-0.3, -0.25) is 4.72 Å². The average molecular weight is 410 g/mol. The van der Waals surface area contributed by atoms with Crippen molar-refractivity contribution in [2.75, 3.05) is 11.8 Å². The van der Waals surface area contributed by atoms with E-state index in [1.165, 1.54) is 11.3 Å². The number of hydrogen-bond acceptors (Lipinski definition) is 4. The van der Waals surface area contributed by atoms with Gasteiger partial charge >= 0.3 is 0 Å². The van der Waals surface area contributed by atoms with Crippen molar-refractivity contribution in [3.05, 3.63) is 43.5 Å². The number of benzene rings is 1. The first-order chi connectivity index (χ1) is 9.83. The fraction of sp³-hybridized carbons (Fsp3) is 0.231. The fourth-order valence-electron chi connectivity index (χ4n) is 1.76. The van der Waals surface area contributed by atoms with E-state index < -0.39 is 10.0 Å². The van der Waals surface area contributed by atoms with Gasteiger partial charge in [0, 0.05) is 11.4 Å². The Balaban J connectivity index is 2.36. The summed E-state index contributed by atoms with van der Waals surface area (Å²) in [7, 11) is -1.87. The fourth-order valence-corrected chi connectivity index (χ4v) is 5.75. The molecule has 0 unspecified atom stereocenters. The molecule has 0 saturated carbocycles. The number of rotatable bonds is 5.